The van der Waals surface area contributed by atoms with E-state index in [1.54, 1.807) is 12.1 Å². The molecule has 0 spiro atoms. The lowest BCUT2D eigenvalue weighted by molar-refractivity contribution is 0.428. The summed E-state index contributed by atoms with van der Waals surface area (Å²) in [6.07, 6.45) is 1.06. The molecule has 13 heavy (non-hydrogen) atoms. The average molecular weight is 177 g/mol. The molecule has 0 aliphatic heterocycles. The molecule has 2 nitrogen and oxygen atoms in total. The van der Waals surface area contributed by atoms with Crippen LogP contribution in [-0.2, 0) is 0 Å². The van der Waals surface area contributed by atoms with Crippen molar-refractivity contribution in [3.63, 3.8) is 0 Å². The van der Waals surface area contributed by atoms with Crippen LogP contribution in [0, 0.1) is 12.7 Å². The van der Waals surface area contributed by atoms with Gasteiger partial charge in [0.25, 0.3) is 0 Å². The molecule has 2 aromatic rings. The number of hydrogen-bond donors (Lipinski definition) is 0. The zero-order valence-electron chi connectivity index (χ0n) is 7.12. The standard InChI is InChI=1S/C10H8FNO/c1-7-2-4-8(5-3-7)10-9(11)6-12-13-10/h2-6H,1H3. The summed E-state index contributed by atoms with van der Waals surface area (Å²) in [5.41, 5.74) is 1.84. The number of halogens is 1. The summed E-state index contributed by atoms with van der Waals surface area (Å²) in [5, 5.41) is 3.37. The van der Waals surface area contributed by atoms with E-state index in [1.165, 1.54) is 0 Å². The average Bonchev–Trinajstić information content (AvgIpc) is 2.53. The molecule has 0 saturated carbocycles. The summed E-state index contributed by atoms with van der Waals surface area (Å²) in [6, 6.07) is 7.41. The lowest BCUT2D eigenvalue weighted by Crippen LogP contribution is -1.78. The second kappa shape index (κ2) is 3.01. The minimum atomic E-state index is -0.427. The molecule has 66 valence electrons. The number of hydrogen-bond acceptors (Lipinski definition) is 2. The lowest BCUT2D eigenvalue weighted by Gasteiger charge is -1.95. The largest absolute Gasteiger partial charge is 0.353 e. The normalized spacial score (nSPS) is 10.3. The first-order valence-electron chi connectivity index (χ1n) is 3.94. The molecule has 0 saturated heterocycles. The third-order valence-corrected chi connectivity index (χ3v) is 1.84. The van der Waals surface area contributed by atoms with Crippen molar-refractivity contribution in [3.8, 4) is 11.3 Å². The van der Waals surface area contributed by atoms with Crippen molar-refractivity contribution < 1.29 is 8.91 Å². The van der Waals surface area contributed by atoms with Crippen LogP contribution in [0.3, 0.4) is 0 Å². The Hall–Kier alpha value is -1.64. The van der Waals surface area contributed by atoms with Crippen molar-refractivity contribution in [2.45, 2.75) is 6.92 Å². The van der Waals surface area contributed by atoms with Crippen molar-refractivity contribution in [3.05, 3.63) is 41.8 Å². The van der Waals surface area contributed by atoms with Gasteiger partial charge in [-0.15, -0.1) is 0 Å². The van der Waals surface area contributed by atoms with Crippen molar-refractivity contribution in [2.24, 2.45) is 0 Å². The first kappa shape index (κ1) is 7.98. The zero-order chi connectivity index (χ0) is 9.26. The second-order valence-electron chi connectivity index (χ2n) is 2.87. The van der Waals surface area contributed by atoms with E-state index in [0.29, 0.717) is 5.56 Å². The fraction of sp³-hybridized carbons (Fsp3) is 0.100. The van der Waals surface area contributed by atoms with Gasteiger partial charge in [-0.2, -0.15) is 0 Å². The van der Waals surface area contributed by atoms with Gasteiger partial charge in [0.05, 0.1) is 0 Å². The van der Waals surface area contributed by atoms with Crippen molar-refractivity contribution in [1.82, 2.24) is 5.16 Å². The maximum absolute atomic E-state index is 13.0. The Kier molecular flexibility index (Phi) is 1.85. The molecule has 1 aromatic heterocycles. The zero-order valence-corrected chi connectivity index (χ0v) is 7.12. The second-order valence-corrected chi connectivity index (χ2v) is 2.87. The highest BCUT2D eigenvalue weighted by Gasteiger charge is 2.08. The molecule has 1 aromatic carbocycles. The van der Waals surface area contributed by atoms with Crippen LogP contribution in [0.15, 0.2) is 35.0 Å². The van der Waals surface area contributed by atoms with Gasteiger partial charge < -0.3 is 4.52 Å². The van der Waals surface area contributed by atoms with Crippen LogP contribution in [0.2, 0.25) is 0 Å². The van der Waals surface area contributed by atoms with Crippen LogP contribution in [0.4, 0.5) is 4.39 Å². The van der Waals surface area contributed by atoms with E-state index < -0.39 is 5.82 Å². The van der Waals surface area contributed by atoms with E-state index in [4.69, 9.17) is 4.52 Å². The molecular formula is C10H8FNO. The van der Waals surface area contributed by atoms with E-state index in [1.807, 2.05) is 19.1 Å². The minimum absolute atomic E-state index is 0.194. The highest BCUT2D eigenvalue weighted by molar-refractivity contribution is 5.57. The van der Waals surface area contributed by atoms with Crippen molar-refractivity contribution >= 4 is 0 Å². The van der Waals surface area contributed by atoms with Gasteiger partial charge in [-0.25, -0.2) is 4.39 Å². The minimum Gasteiger partial charge on any atom is -0.353 e. The van der Waals surface area contributed by atoms with Crippen molar-refractivity contribution in [2.75, 3.05) is 0 Å². The van der Waals surface area contributed by atoms with Gasteiger partial charge >= 0.3 is 0 Å². The van der Waals surface area contributed by atoms with E-state index in [9.17, 15) is 4.39 Å². The first-order valence-corrected chi connectivity index (χ1v) is 3.94. The van der Waals surface area contributed by atoms with E-state index in [2.05, 4.69) is 5.16 Å². The molecule has 0 radical (unpaired) electrons. The van der Waals surface area contributed by atoms with Gasteiger partial charge in [0, 0.05) is 5.56 Å². The lowest BCUT2D eigenvalue weighted by atomic mass is 10.1. The summed E-state index contributed by atoms with van der Waals surface area (Å²) < 4.78 is 17.7. The summed E-state index contributed by atoms with van der Waals surface area (Å²) in [4.78, 5) is 0. The first-order chi connectivity index (χ1) is 6.27. The molecule has 0 aliphatic rings. The Morgan fingerprint density at radius 1 is 1.23 bits per heavy atom. The highest BCUT2D eigenvalue weighted by Crippen LogP contribution is 2.21. The number of aromatic nitrogens is 1. The summed E-state index contributed by atoms with van der Waals surface area (Å²) in [6.45, 7) is 1.97. The Bertz CT molecular complexity index is 405. The van der Waals surface area contributed by atoms with Crippen LogP contribution >= 0.6 is 0 Å². The maximum Gasteiger partial charge on any atom is 0.202 e. The van der Waals surface area contributed by atoms with Gasteiger partial charge in [-0.3, -0.25) is 0 Å². The number of nitrogens with zero attached hydrogens (tertiary/aromatic N) is 1. The quantitative estimate of drug-likeness (QED) is 0.669. The molecule has 2 rings (SSSR count). The van der Waals surface area contributed by atoms with Gasteiger partial charge in [0.1, 0.15) is 6.20 Å². The molecule has 0 unspecified atom stereocenters. The molecule has 0 atom stereocenters. The fourth-order valence-electron chi connectivity index (χ4n) is 1.12. The van der Waals surface area contributed by atoms with Gasteiger partial charge in [-0.05, 0) is 6.92 Å². The Morgan fingerprint density at radius 3 is 2.46 bits per heavy atom. The third kappa shape index (κ3) is 1.45. The molecule has 0 aliphatic carbocycles. The topological polar surface area (TPSA) is 26.0 Å². The molecule has 0 bridgehead atoms. The summed E-state index contributed by atoms with van der Waals surface area (Å²) in [7, 11) is 0. The predicted octanol–water partition coefficient (Wildman–Crippen LogP) is 2.79. The Labute approximate surface area is 75.0 Å². The fourth-order valence-corrected chi connectivity index (χ4v) is 1.12. The highest BCUT2D eigenvalue weighted by atomic mass is 19.1. The number of aryl methyl sites for hydroxylation is 1. The van der Waals surface area contributed by atoms with Gasteiger partial charge in [-0.1, -0.05) is 35.0 Å². The Morgan fingerprint density at radius 2 is 1.92 bits per heavy atom. The smallest absolute Gasteiger partial charge is 0.202 e. The van der Waals surface area contributed by atoms with Crippen LogP contribution < -0.4 is 0 Å². The molecule has 1 heterocycles. The monoisotopic (exact) mass is 177 g/mol. The number of rotatable bonds is 1. The molecule has 3 heteroatoms. The van der Waals surface area contributed by atoms with E-state index in [0.717, 1.165) is 11.8 Å². The molecule has 0 fully saturated rings. The number of benzene rings is 1. The van der Waals surface area contributed by atoms with E-state index in [-0.39, 0.29) is 5.76 Å². The Balaban J connectivity index is 2.47. The van der Waals surface area contributed by atoms with Crippen LogP contribution in [0.25, 0.3) is 11.3 Å². The SMILES string of the molecule is Cc1ccc(-c2oncc2F)cc1. The molecule has 0 amide bonds. The van der Waals surface area contributed by atoms with E-state index >= 15 is 0 Å². The van der Waals surface area contributed by atoms with Crippen LogP contribution in [0.5, 0.6) is 0 Å². The van der Waals surface area contributed by atoms with Gasteiger partial charge in [0.2, 0.25) is 5.76 Å². The predicted molar refractivity (Wildman–Crippen MR) is 46.6 cm³/mol. The third-order valence-electron chi connectivity index (χ3n) is 1.84. The van der Waals surface area contributed by atoms with Gasteiger partial charge in [0.15, 0.2) is 5.82 Å². The molecular weight excluding hydrogens is 169 g/mol. The van der Waals surface area contributed by atoms with Crippen molar-refractivity contribution in [1.29, 1.82) is 0 Å². The maximum atomic E-state index is 13.0. The summed E-state index contributed by atoms with van der Waals surface area (Å²) >= 11 is 0. The summed E-state index contributed by atoms with van der Waals surface area (Å²) in [5.74, 6) is -0.233. The molecule has 0 N–H and O–H groups in total. The van der Waals surface area contributed by atoms with Crippen LogP contribution in [-0.4, -0.2) is 5.16 Å². The van der Waals surface area contributed by atoms with Crippen LogP contribution in [0.1, 0.15) is 5.56 Å².